The highest BCUT2D eigenvalue weighted by molar-refractivity contribution is 5.50. The molecule has 0 N–H and O–H groups in total. The molecule has 0 spiro atoms. The van der Waals surface area contributed by atoms with Gasteiger partial charge in [-0.2, -0.15) is 13.2 Å². The minimum absolute atomic E-state index is 0.227. The van der Waals surface area contributed by atoms with Gasteiger partial charge >= 0.3 is 6.18 Å². The molecule has 1 aliphatic heterocycles. The van der Waals surface area contributed by atoms with Gasteiger partial charge in [0.1, 0.15) is 5.69 Å². The highest BCUT2D eigenvalue weighted by Crippen LogP contribution is 2.30. The zero-order valence-electron chi connectivity index (χ0n) is 7.58. The van der Waals surface area contributed by atoms with Crippen LogP contribution in [0.3, 0.4) is 0 Å². The Labute approximate surface area is 83.5 Å². The average Bonchev–Trinajstić information content (AvgIpc) is 2.57. The minimum atomic E-state index is -4.43. The quantitative estimate of drug-likeness (QED) is 0.667. The van der Waals surface area contributed by atoms with Gasteiger partial charge in [0.15, 0.2) is 0 Å². The maximum Gasteiger partial charge on any atom is 0.433 e. The summed E-state index contributed by atoms with van der Waals surface area (Å²) in [6.07, 6.45) is -2.63. The van der Waals surface area contributed by atoms with Crippen molar-refractivity contribution in [1.82, 2.24) is 9.88 Å². The molecule has 2 rings (SSSR count). The minimum Gasteiger partial charge on any atom is -0.337 e. The molecule has 0 bridgehead atoms. The monoisotopic (exact) mass is 216 g/mol. The predicted octanol–water partition coefficient (Wildman–Crippen LogP) is 1.57. The van der Waals surface area contributed by atoms with Crippen molar-refractivity contribution >= 4 is 6.41 Å². The van der Waals surface area contributed by atoms with Crippen LogP contribution in [0.1, 0.15) is 16.8 Å². The molecule has 0 saturated heterocycles. The SMILES string of the molecule is O=CN1Cc2cnc(C(F)(F)F)cc2C1. The number of rotatable bonds is 1. The summed E-state index contributed by atoms with van der Waals surface area (Å²) < 4.78 is 36.9. The molecule has 0 atom stereocenters. The third-order valence-electron chi connectivity index (χ3n) is 2.27. The number of hydrogen-bond donors (Lipinski definition) is 0. The lowest BCUT2D eigenvalue weighted by molar-refractivity contribution is -0.141. The Bertz CT molecular complexity index is 403. The summed E-state index contributed by atoms with van der Waals surface area (Å²) in [5.74, 6) is 0. The van der Waals surface area contributed by atoms with E-state index in [2.05, 4.69) is 4.98 Å². The number of carbonyl (C=O) groups is 1. The lowest BCUT2D eigenvalue weighted by atomic mass is 10.1. The van der Waals surface area contributed by atoms with E-state index >= 15 is 0 Å². The fraction of sp³-hybridized carbons (Fsp3) is 0.333. The molecule has 0 aromatic carbocycles. The van der Waals surface area contributed by atoms with Crippen LogP contribution in [-0.2, 0) is 24.1 Å². The summed E-state index contributed by atoms with van der Waals surface area (Å²) in [6.45, 7) is 0.564. The number of aromatic nitrogens is 1. The second-order valence-corrected chi connectivity index (χ2v) is 3.35. The Morgan fingerprint density at radius 1 is 1.33 bits per heavy atom. The summed E-state index contributed by atoms with van der Waals surface area (Å²) >= 11 is 0. The Morgan fingerprint density at radius 3 is 2.60 bits per heavy atom. The highest BCUT2D eigenvalue weighted by atomic mass is 19.4. The molecule has 1 aliphatic rings. The third kappa shape index (κ3) is 1.79. The molecule has 1 aromatic heterocycles. The van der Waals surface area contributed by atoms with Crippen LogP contribution in [0.25, 0.3) is 0 Å². The van der Waals surface area contributed by atoms with E-state index in [9.17, 15) is 18.0 Å². The van der Waals surface area contributed by atoms with E-state index in [1.54, 1.807) is 0 Å². The largest absolute Gasteiger partial charge is 0.433 e. The zero-order chi connectivity index (χ0) is 11.1. The van der Waals surface area contributed by atoms with Crippen LogP contribution in [0.4, 0.5) is 13.2 Å². The fourth-order valence-electron chi connectivity index (χ4n) is 1.54. The number of hydrogen-bond acceptors (Lipinski definition) is 2. The van der Waals surface area contributed by atoms with E-state index in [4.69, 9.17) is 0 Å². The standard InChI is InChI=1S/C9H7F3N2O/c10-9(11,12)8-1-6-3-14(5-15)4-7(6)2-13-8/h1-2,5H,3-4H2. The molecular formula is C9H7F3N2O. The molecule has 15 heavy (non-hydrogen) atoms. The first kappa shape index (κ1) is 9.95. The average molecular weight is 216 g/mol. The van der Waals surface area contributed by atoms with E-state index < -0.39 is 11.9 Å². The van der Waals surface area contributed by atoms with Crippen molar-refractivity contribution in [3.05, 3.63) is 29.1 Å². The first-order valence-corrected chi connectivity index (χ1v) is 4.25. The van der Waals surface area contributed by atoms with Crippen LogP contribution >= 0.6 is 0 Å². The topological polar surface area (TPSA) is 33.2 Å². The van der Waals surface area contributed by atoms with Crippen molar-refractivity contribution in [1.29, 1.82) is 0 Å². The van der Waals surface area contributed by atoms with Gasteiger partial charge in [0.25, 0.3) is 0 Å². The van der Waals surface area contributed by atoms with E-state index in [1.165, 1.54) is 11.1 Å². The van der Waals surface area contributed by atoms with Crippen LogP contribution in [0.5, 0.6) is 0 Å². The van der Waals surface area contributed by atoms with Gasteiger partial charge < -0.3 is 4.90 Å². The molecule has 1 amide bonds. The lowest BCUT2D eigenvalue weighted by Crippen LogP contribution is -2.12. The Balaban J connectivity index is 2.34. The number of amides is 1. The fourth-order valence-corrected chi connectivity index (χ4v) is 1.54. The number of carbonyl (C=O) groups excluding carboxylic acids is 1. The maximum atomic E-state index is 12.3. The van der Waals surface area contributed by atoms with Gasteiger partial charge in [-0.15, -0.1) is 0 Å². The van der Waals surface area contributed by atoms with Crippen LogP contribution in [0.15, 0.2) is 12.3 Å². The Morgan fingerprint density at radius 2 is 2.00 bits per heavy atom. The molecular weight excluding hydrogens is 209 g/mol. The summed E-state index contributed by atoms with van der Waals surface area (Å²) in [5.41, 5.74) is 0.286. The van der Waals surface area contributed by atoms with Crippen molar-refractivity contribution in [2.45, 2.75) is 19.3 Å². The molecule has 0 radical (unpaired) electrons. The van der Waals surface area contributed by atoms with E-state index in [0.29, 0.717) is 24.1 Å². The number of pyridine rings is 1. The first-order valence-electron chi connectivity index (χ1n) is 4.25. The number of alkyl halides is 3. The first-order chi connectivity index (χ1) is 7.00. The highest BCUT2D eigenvalue weighted by Gasteiger charge is 2.33. The van der Waals surface area contributed by atoms with Crippen LogP contribution in [0.2, 0.25) is 0 Å². The van der Waals surface area contributed by atoms with Gasteiger partial charge in [-0.3, -0.25) is 9.78 Å². The smallest absolute Gasteiger partial charge is 0.337 e. The molecule has 0 unspecified atom stereocenters. The maximum absolute atomic E-state index is 12.3. The van der Waals surface area contributed by atoms with E-state index in [0.717, 1.165) is 6.07 Å². The van der Waals surface area contributed by atoms with Gasteiger partial charge in [-0.1, -0.05) is 0 Å². The van der Waals surface area contributed by atoms with Crippen LogP contribution < -0.4 is 0 Å². The van der Waals surface area contributed by atoms with Gasteiger partial charge in [0.2, 0.25) is 6.41 Å². The third-order valence-corrected chi connectivity index (χ3v) is 2.27. The second kappa shape index (κ2) is 3.22. The molecule has 1 aromatic rings. The lowest BCUT2D eigenvalue weighted by Gasteiger charge is -2.06. The van der Waals surface area contributed by atoms with Gasteiger partial charge in [0.05, 0.1) is 0 Å². The zero-order valence-corrected chi connectivity index (χ0v) is 7.58. The summed E-state index contributed by atoms with van der Waals surface area (Å²) in [7, 11) is 0. The number of nitrogens with zero attached hydrogens (tertiary/aromatic N) is 2. The molecule has 0 aliphatic carbocycles. The van der Waals surface area contributed by atoms with Crippen molar-refractivity contribution in [3.8, 4) is 0 Å². The summed E-state index contributed by atoms with van der Waals surface area (Å²) in [5, 5.41) is 0. The molecule has 2 heterocycles. The Hall–Kier alpha value is -1.59. The Kier molecular flexibility index (Phi) is 2.13. The number of halogens is 3. The van der Waals surface area contributed by atoms with Crippen molar-refractivity contribution in [2.24, 2.45) is 0 Å². The van der Waals surface area contributed by atoms with Crippen molar-refractivity contribution < 1.29 is 18.0 Å². The van der Waals surface area contributed by atoms with Gasteiger partial charge in [-0.05, 0) is 17.2 Å². The van der Waals surface area contributed by atoms with Crippen LogP contribution in [0, 0.1) is 0 Å². The molecule has 6 heteroatoms. The molecule has 3 nitrogen and oxygen atoms in total. The molecule has 0 fully saturated rings. The van der Waals surface area contributed by atoms with Crippen molar-refractivity contribution in [2.75, 3.05) is 0 Å². The van der Waals surface area contributed by atoms with Crippen molar-refractivity contribution in [3.63, 3.8) is 0 Å². The summed E-state index contributed by atoms with van der Waals surface area (Å²) in [6, 6.07) is 0.999. The van der Waals surface area contributed by atoms with E-state index in [1.807, 2.05) is 0 Å². The van der Waals surface area contributed by atoms with Gasteiger partial charge in [0, 0.05) is 19.3 Å². The predicted molar refractivity (Wildman–Crippen MR) is 44.6 cm³/mol. The normalized spacial score (nSPS) is 15.3. The van der Waals surface area contributed by atoms with Gasteiger partial charge in [-0.25, -0.2) is 0 Å². The molecule has 0 saturated carbocycles. The molecule has 80 valence electrons. The van der Waals surface area contributed by atoms with Crippen LogP contribution in [-0.4, -0.2) is 16.3 Å². The number of fused-ring (bicyclic) bond motifs is 1. The van der Waals surface area contributed by atoms with E-state index in [-0.39, 0.29) is 6.54 Å². The summed E-state index contributed by atoms with van der Waals surface area (Å²) in [4.78, 5) is 15.2. The second-order valence-electron chi connectivity index (χ2n) is 3.35.